The summed E-state index contributed by atoms with van der Waals surface area (Å²) in [6.45, 7) is 10.2. The van der Waals surface area contributed by atoms with E-state index in [1.165, 1.54) is 18.0 Å². The lowest BCUT2D eigenvalue weighted by Crippen LogP contribution is -2.34. The van der Waals surface area contributed by atoms with Crippen LogP contribution in [0.25, 0.3) is 22.6 Å². The Kier molecular flexibility index (Phi) is 18.0. The highest BCUT2D eigenvalue weighted by atomic mass is 35.5. The van der Waals surface area contributed by atoms with E-state index >= 15 is 0 Å². The Balaban J connectivity index is 1.41. The molecule has 0 saturated heterocycles. The van der Waals surface area contributed by atoms with Crippen LogP contribution in [0.3, 0.4) is 0 Å². The number of esters is 2. The summed E-state index contributed by atoms with van der Waals surface area (Å²) < 4.78 is 33.0. The van der Waals surface area contributed by atoms with Gasteiger partial charge in [-0.15, -0.1) is 0 Å². The van der Waals surface area contributed by atoms with Crippen LogP contribution in [-0.2, 0) is 34.3 Å². The molecule has 4 aromatic rings. The molecule has 4 rings (SSSR count). The van der Waals surface area contributed by atoms with Gasteiger partial charge >= 0.3 is 24.1 Å². The third-order valence-corrected chi connectivity index (χ3v) is 9.44. The summed E-state index contributed by atoms with van der Waals surface area (Å²) in [6.07, 6.45) is -0.320. The molecule has 17 nitrogen and oxygen atoms in total. The predicted molar refractivity (Wildman–Crippen MR) is 233 cm³/mol. The maximum atomic E-state index is 12.8. The Bertz CT molecular complexity index is 2290. The van der Waals surface area contributed by atoms with Crippen LogP contribution in [0.2, 0.25) is 5.02 Å². The van der Waals surface area contributed by atoms with Gasteiger partial charge in [-0.25, -0.2) is 19.6 Å². The Labute approximate surface area is 374 Å². The number of alkyl carbamates (subject to hydrolysis) is 2. The fraction of sp³-hybridized carbons (Fsp3) is 0.409. The quantitative estimate of drug-likeness (QED) is 0.0348. The van der Waals surface area contributed by atoms with Gasteiger partial charge in [0.1, 0.15) is 65.0 Å². The van der Waals surface area contributed by atoms with Crippen molar-refractivity contribution in [3.8, 4) is 40.5 Å². The number of thioether (sulfide) groups is 1. The zero-order valence-electron chi connectivity index (χ0n) is 35.9. The molecule has 0 bridgehead atoms. The molecule has 1 atom stereocenters. The average molecular weight is 904 g/mol. The summed E-state index contributed by atoms with van der Waals surface area (Å²) in [5, 5.41) is 26.4. The Hall–Kier alpha value is -6.50. The fourth-order valence-corrected chi connectivity index (χ4v) is 6.43. The number of benzene rings is 2. The lowest BCUT2D eigenvalue weighted by atomic mass is 9.97. The number of hydrogen-bond acceptors (Lipinski definition) is 16. The van der Waals surface area contributed by atoms with E-state index < -0.39 is 41.4 Å². The van der Waals surface area contributed by atoms with Crippen LogP contribution >= 0.6 is 23.4 Å². The molecule has 0 spiro atoms. The molecule has 2 aromatic carbocycles. The van der Waals surface area contributed by atoms with Crippen LogP contribution in [0.15, 0.2) is 64.2 Å². The number of anilines is 1. The second-order valence-electron chi connectivity index (χ2n) is 15.8. The third-order valence-electron chi connectivity index (χ3n) is 8.17. The van der Waals surface area contributed by atoms with Crippen molar-refractivity contribution in [1.29, 1.82) is 10.5 Å². The van der Waals surface area contributed by atoms with Crippen molar-refractivity contribution in [2.45, 2.75) is 95.3 Å². The minimum absolute atomic E-state index is 0.0201. The first kappa shape index (κ1) is 49.2. The van der Waals surface area contributed by atoms with Crippen molar-refractivity contribution < 1.29 is 47.3 Å². The second kappa shape index (κ2) is 23.1. The van der Waals surface area contributed by atoms with Gasteiger partial charge in [-0.2, -0.15) is 10.5 Å². The van der Waals surface area contributed by atoms with Gasteiger partial charge in [-0.3, -0.25) is 9.59 Å². The first-order valence-corrected chi connectivity index (χ1v) is 21.2. The van der Waals surface area contributed by atoms with E-state index in [1.807, 2.05) is 0 Å². The first-order chi connectivity index (χ1) is 29.8. The van der Waals surface area contributed by atoms with E-state index in [0.29, 0.717) is 32.9 Å². The van der Waals surface area contributed by atoms with Gasteiger partial charge < -0.3 is 44.5 Å². The topological polar surface area (TPSA) is 251 Å². The molecule has 0 aliphatic carbocycles. The molecule has 0 aliphatic rings. The monoisotopic (exact) mass is 903 g/mol. The highest BCUT2D eigenvalue weighted by Gasteiger charge is 2.23. The fourth-order valence-electron chi connectivity index (χ4n) is 5.43. The van der Waals surface area contributed by atoms with Crippen LogP contribution in [0.5, 0.6) is 5.75 Å². The van der Waals surface area contributed by atoms with E-state index in [-0.39, 0.29) is 80.2 Å². The number of hydrogen-bond donors (Lipinski definition) is 3. The second-order valence-corrected chi connectivity index (χ2v) is 17.2. The largest absolute Gasteiger partial charge is 0.490 e. The van der Waals surface area contributed by atoms with Crippen LogP contribution in [0.4, 0.5) is 15.4 Å². The van der Waals surface area contributed by atoms with Gasteiger partial charge in [-0.1, -0.05) is 35.5 Å². The van der Waals surface area contributed by atoms with Crippen molar-refractivity contribution in [3.05, 3.63) is 76.6 Å². The average Bonchev–Trinajstić information content (AvgIpc) is 3.69. The van der Waals surface area contributed by atoms with Crippen molar-refractivity contribution in [1.82, 2.24) is 20.6 Å². The number of rotatable bonds is 19. The minimum Gasteiger partial charge on any atom is -0.490 e. The van der Waals surface area contributed by atoms with Crippen LogP contribution < -0.4 is 21.1 Å². The maximum Gasteiger partial charge on any atom is 0.407 e. The number of aromatic nitrogens is 2. The molecule has 0 unspecified atom stereocenters. The maximum absolute atomic E-state index is 12.8. The number of carbonyl (C=O) groups is 4. The Morgan fingerprint density at radius 1 is 0.810 bits per heavy atom. The standard InChI is InChI=1S/C44H50ClN7O10S/c1-43(2,3)61-41(55)49-19-7-9-35(53)58-25-32(60-36(54)10-8-20-50-42(56)62-44(4,5)6)24-57-31-17-13-27(14-18-31)37-33(21-46)38(48)52-40(34(37)22-47)63-26-30-23-59-39(51-30)28-11-15-29(45)16-12-28/h11-18,23,32H,7-10,19-20,24-26H2,1-6H3,(H2,48,52)(H,49,55)(H,50,56)/t32-/m1/s1. The minimum atomic E-state index is -1.03. The molecule has 0 saturated carbocycles. The molecule has 334 valence electrons. The Morgan fingerprint density at radius 2 is 1.38 bits per heavy atom. The molecule has 2 amide bonds. The van der Waals surface area contributed by atoms with Crippen LogP contribution in [0.1, 0.15) is 84.0 Å². The van der Waals surface area contributed by atoms with Crippen LogP contribution in [0, 0.1) is 22.7 Å². The van der Waals surface area contributed by atoms with Gasteiger partial charge in [0.05, 0.1) is 11.3 Å². The van der Waals surface area contributed by atoms with Crippen molar-refractivity contribution >= 4 is 53.3 Å². The summed E-state index contributed by atoms with van der Waals surface area (Å²) in [5.41, 5.74) is 7.15. The lowest BCUT2D eigenvalue weighted by molar-refractivity contribution is -0.161. The summed E-state index contributed by atoms with van der Waals surface area (Å²) in [6, 6.07) is 17.7. The number of ether oxygens (including phenoxy) is 5. The third kappa shape index (κ3) is 16.7. The van der Waals surface area contributed by atoms with Gasteiger partial charge in [0.15, 0.2) is 6.10 Å². The summed E-state index contributed by atoms with van der Waals surface area (Å²) >= 11 is 7.21. The number of nitrogens with zero attached hydrogens (tertiary/aromatic N) is 4. The molecular formula is C44H50ClN7O10S. The number of pyridine rings is 1. The molecule has 63 heavy (non-hydrogen) atoms. The molecule has 0 fully saturated rings. The number of nitrogens with one attached hydrogen (secondary N) is 2. The van der Waals surface area contributed by atoms with E-state index in [1.54, 1.807) is 90.1 Å². The number of carbonyl (C=O) groups excluding carboxylic acids is 4. The summed E-state index contributed by atoms with van der Waals surface area (Å²) in [7, 11) is 0. The highest BCUT2D eigenvalue weighted by molar-refractivity contribution is 7.98. The number of nitrogen functional groups attached to an aromatic ring is 1. The smallest absolute Gasteiger partial charge is 0.407 e. The van der Waals surface area contributed by atoms with E-state index in [9.17, 15) is 29.7 Å². The van der Waals surface area contributed by atoms with Crippen LogP contribution in [-0.4, -0.2) is 77.7 Å². The molecule has 19 heteroatoms. The van der Waals surface area contributed by atoms with Crippen molar-refractivity contribution in [3.63, 3.8) is 0 Å². The number of nitriles is 2. The summed E-state index contributed by atoms with van der Waals surface area (Å²) in [4.78, 5) is 58.2. The summed E-state index contributed by atoms with van der Waals surface area (Å²) in [5.74, 6) is -0.258. The van der Waals surface area contributed by atoms with Gasteiger partial charge in [0.2, 0.25) is 5.89 Å². The van der Waals surface area contributed by atoms with Gasteiger partial charge in [-0.05, 0) is 96.3 Å². The predicted octanol–water partition coefficient (Wildman–Crippen LogP) is 8.12. The normalized spacial score (nSPS) is 11.6. The molecule has 0 aliphatic heterocycles. The van der Waals surface area contributed by atoms with E-state index in [0.717, 1.165) is 5.56 Å². The molecule has 2 heterocycles. The lowest BCUT2D eigenvalue weighted by Gasteiger charge is -2.20. The zero-order valence-corrected chi connectivity index (χ0v) is 37.4. The van der Waals surface area contributed by atoms with Crippen molar-refractivity contribution in [2.75, 3.05) is 32.0 Å². The zero-order chi connectivity index (χ0) is 46.2. The SMILES string of the molecule is CC(C)(C)OC(=O)NCCCC(=O)OC[C@@H](COc1ccc(-c2c(C#N)c(N)nc(SCc3coc(-c4ccc(Cl)cc4)n3)c2C#N)cc1)OC(=O)CCCNC(=O)OC(C)(C)C. The van der Waals surface area contributed by atoms with Gasteiger partial charge in [0.25, 0.3) is 0 Å². The number of nitrogens with two attached hydrogens (primary N) is 1. The molecule has 0 radical (unpaired) electrons. The number of oxazole rings is 1. The number of halogens is 1. The van der Waals surface area contributed by atoms with Crippen molar-refractivity contribution in [2.24, 2.45) is 0 Å². The first-order valence-electron chi connectivity index (χ1n) is 19.8. The molecule has 4 N–H and O–H groups in total. The van der Waals surface area contributed by atoms with Gasteiger partial charge in [0, 0.05) is 47.8 Å². The van der Waals surface area contributed by atoms with E-state index in [2.05, 4.69) is 32.7 Å². The molecule has 2 aromatic heterocycles. The van der Waals surface area contributed by atoms with E-state index in [4.69, 9.17) is 45.4 Å². The Morgan fingerprint density at radius 3 is 1.95 bits per heavy atom. The highest BCUT2D eigenvalue weighted by Crippen LogP contribution is 2.37. The molecular weight excluding hydrogens is 854 g/mol. The number of amides is 2.